The van der Waals surface area contributed by atoms with Crippen LogP contribution in [0, 0.1) is 0 Å². The number of allylic oxidation sites excluding steroid dienone is 1. The molecule has 1 N–H and O–H groups in total. The summed E-state index contributed by atoms with van der Waals surface area (Å²) in [7, 11) is 4.49. The highest BCUT2D eigenvalue weighted by molar-refractivity contribution is 7.07. The lowest BCUT2D eigenvalue weighted by Crippen LogP contribution is -2.40. The minimum absolute atomic E-state index is 0.0490. The van der Waals surface area contributed by atoms with Crippen LogP contribution >= 0.6 is 22.9 Å². The van der Waals surface area contributed by atoms with E-state index in [2.05, 4.69) is 4.99 Å². The van der Waals surface area contributed by atoms with Crippen LogP contribution in [0.15, 0.2) is 75.7 Å². The first kappa shape index (κ1) is 33.3. The van der Waals surface area contributed by atoms with Crippen molar-refractivity contribution in [1.82, 2.24) is 4.57 Å². The molecule has 1 aromatic heterocycles. The van der Waals surface area contributed by atoms with Crippen molar-refractivity contribution in [2.45, 2.75) is 26.5 Å². The second-order valence-corrected chi connectivity index (χ2v) is 11.7. The highest BCUT2D eigenvalue weighted by Gasteiger charge is 2.34. The van der Waals surface area contributed by atoms with Crippen LogP contribution in [0.1, 0.15) is 46.9 Å². The maximum Gasteiger partial charge on any atom is 0.338 e. The van der Waals surface area contributed by atoms with Gasteiger partial charge < -0.3 is 28.8 Å². The molecule has 47 heavy (non-hydrogen) atoms. The Morgan fingerprint density at radius 2 is 1.77 bits per heavy atom. The molecule has 1 atom stereocenters. The second-order valence-electron chi connectivity index (χ2n) is 10.2. The molecule has 0 aliphatic carbocycles. The molecule has 3 aromatic carbocycles. The number of fused-ring (bicyclic) bond motifs is 1. The van der Waals surface area contributed by atoms with Crippen LogP contribution in [0.5, 0.6) is 23.0 Å². The van der Waals surface area contributed by atoms with E-state index in [0.717, 1.165) is 11.3 Å². The van der Waals surface area contributed by atoms with Gasteiger partial charge >= 0.3 is 11.9 Å². The highest BCUT2D eigenvalue weighted by Crippen LogP contribution is 2.38. The fourth-order valence-electron chi connectivity index (χ4n) is 5.19. The first-order valence-corrected chi connectivity index (χ1v) is 15.5. The van der Waals surface area contributed by atoms with E-state index in [1.807, 2.05) is 0 Å². The van der Waals surface area contributed by atoms with Gasteiger partial charge in [-0.1, -0.05) is 41.1 Å². The Bertz CT molecular complexity index is 2080. The second kappa shape index (κ2) is 14.1. The summed E-state index contributed by atoms with van der Waals surface area (Å²) >= 11 is 7.79. The van der Waals surface area contributed by atoms with E-state index in [9.17, 15) is 19.5 Å². The summed E-state index contributed by atoms with van der Waals surface area (Å²) < 4.78 is 29.6. The van der Waals surface area contributed by atoms with Gasteiger partial charge in [0.05, 0.1) is 60.4 Å². The lowest BCUT2D eigenvalue weighted by molar-refractivity contribution is -0.139. The molecule has 11 nitrogen and oxygen atoms in total. The van der Waals surface area contributed by atoms with Gasteiger partial charge in [-0.15, -0.1) is 0 Å². The first-order chi connectivity index (χ1) is 22.6. The van der Waals surface area contributed by atoms with Crippen LogP contribution < -0.4 is 33.8 Å². The largest absolute Gasteiger partial charge is 0.493 e. The first-order valence-electron chi connectivity index (χ1n) is 14.3. The zero-order valence-electron chi connectivity index (χ0n) is 26.2. The predicted octanol–water partition coefficient (Wildman–Crippen LogP) is 4.75. The maximum atomic E-state index is 14.1. The summed E-state index contributed by atoms with van der Waals surface area (Å²) in [6, 6.07) is 14.0. The molecule has 5 rings (SSSR count). The lowest BCUT2D eigenvalue weighted by Gasteiger charge is -2.25. The van der Waals surface area contributed by atoms with Gasteiger partial charge in [-0.2, -0.15) is 0 Å². The molecule has 0 saturated carbocycles. The smallest absolute Gasteiger partial charge is 0.338 e. The fourth-order valence-corrected chi connectivity index (χ4v) is 6.51. The summed E-state index contributed by atoms with van der Waals surface area (Å²) in [6.45, 7) is 3.61. The third-order valence-corrected chi connectivity index (χ3v) is 8.61. The van der Waals surface area contributed by atoms with Crippen LogP contribution in [0.2, 0.25) is 5.02 Å². The van der Waals surface area contributed by atoms with Crippen molar-refractivity contribution in [1.29, 1.82) is 0 Å². The van der Waals surface area contributed by atoms with E-state index < -0.39 is 18.0 Å². The lowest BCUT2D eigenvalue weighted by atomic mass is 9.95. The van der Waals surface area contributed by atoms with Crippen LogP contribution in [-0.2, 0) is 16.1 Å². The molecule has 0 saturated heterocycles. The Morgan fingerprint density at radius 3 is 2.45 bits per heavy atom. The zero-order chi connectivity index (χ0) is 33.8. The van der Waals surface area contributed by atoms with Crippen molar-refractivity contribution in [3.8, 4) is 23.0 Å². The van der Waals surface area contributed by atoms with Gasteiger partial charge in [0.1, 0.15) is 6.61 Å². The molecule has 13 heteroatoms. The molecule has 4 aromatic rings. The topological polar surface area (TPSA) is 135 Å². The van der Waals surface area contributed by atoms with Gasteiger partial charge in [0.2, 0.25) is 0 Å². The summed E-state index contributed by atoms with van der Waals surface area (Å²) in [5, 5.41) is 9.51. The summed E-state index contributed by atoms with van der Waals surface area (Å²) in [6.07, 6.45) is 1.66. The van der Waals surface area contributed by atoms with Crippen molar-refractivity contribution < 1.29 is 38.4 Å². The predicted molar refractivity (Wildman–Crippen MR) is 176 cm³/mol. The molecule has 0 fully saturated rings. The summed E-state index contributed by atoms with van der Waals surface area (Å²) in [4.78, 5) is 43.7. The molecule has 244 valence electrons. The number of hydrogen-bond acceptors (Lipinski definition) is 10. The average Bonchev–Trinajstić information content (AvgIpc) is 3.36. The molecule has 0 amide bonds. The third-order valence-electron chi connectivity index (χ3n) is 7.35. The number of ether oxygens (including phenoxy) is 5. The molecule has 0 bridgehead atoms. The molecule has 0 unspecified atom stereocenters. The minimum atomic E-state index is -1.04. The molecule has 0 spiro atoms. The molecule has 2 heterocycles. The highest BCUT2D eigenvalue weighted by atomic mass is 35.5. The number of hydrogen-bond donors (Lipinski definition) is 1. The number of carbonyl (C=O) groups excluding carboxylic acids is 1. The standard InChI is InChI=1S/C34H31ClN2O9S/c1-6-45-33(41)28-18(2)36-34-37(29(28)21-10-11-24(42-3)25(16-21)43-4)31(38)27(47-34)15-20-13-23(35)30(26(14-20)44-5)46-17-19-8-7-9-22(12-19)32(39)40/h7-16,29H,6,17H2,1-5H3,(H,39,40)/b27-15+/t29-/m1/s1. The number of esters is 1. The monoisotopic (exact) mass is 678 g/mol. The zero-order valence-corrected chi connectivity index (χ0v) is 27.7. The van der Waals surface area contributed by atoms with Gasteiger partial charge in [-0.05, 0) is 73.0 Å². The Hall–Kier alpha value is -5.07. The van der Waals surface area contributed by atoms with Crippen molar-refractivity contribution in [2.75, 3.05) is 27.9 Å². The Kier molecular flexibility index (Phi) is 10.0. The van der Waals surface area contributed by atoms with E-state index in [-0.39, 0.29) is 40.7 Å². The normalized spacial score (nSPS) is 14.3. The van der Waals surface area contributed by atoms with Gasteiger partial charge in [0.25, 0.3) is 5.56 Å². The number of rotatable bonds is 11. The van der Waals surface area contributed by atoms with E-state index in [4.69, 9.17) is 35.3 Å². The van der Waals surface area contributed by atoms with Crippen molar-refractivity contribution in [3.63, 3.8) is 0 Å². The van der Waals surface area contributed by atoms with Crippen LogP contribution in [0.4, 0.5) is 0 Å². The number of halogens is 1. The van der Waals surface area contributed by atoms with Crippen LogP contribution in [-0.4, -0.2) is 49.5 Å². The number of benzene rings is 3. The number of aromatic nitrogens is 1. The number of carbonyl (C=O) groups is 2. The molecule has 1 aliphatic rings. The Morgan fingerprint density at radius 1 is 1.02 bits per heavy atom. The maximum absolute atomic E-state index is 14.1. The van der Waals surface area contributed by atoms with Gasteiger partial charge in [-0.25, -0.2) is 14.6 Å². The van der Waals surface area contributed by atoms with Gasteiger partial charge in [0, 0.05) is 0 Å². The van der Waals surface area contributed by atoms with Crippen molar-refractivity contribution in [3.05, 3.63) is 113 Å². The van der Waals surface area contributed by atoms with Crippen molar-refractivity contribution >= 4 is 41.0 Å². The Balaban J connectivity index is 1.57. The number of nitrogens with zero attached hydrogens (tertiary/aromatic N) is 2. The number of carboxylic acids is 1. The van der Waals surface area contributed by atoms with Gasteiger partial charge in [-0.3, -0.25) is 9.36 Å². The number of aromatic carboxylic acids is 1. The quantitative estimate of drug-likeness (QED) is 0.223. The number of thiazole rings is 1. The van der Waals surface area contributed by atoms with E-state index in [1.165, 1.54) is 38.0 Å². The third kappa shape index (κ3) is 6.74. The summed E-state index contributed by atoms with van der Waals surface area (Å²) in [5.74, 6) is -0.118. The molecule has 1 aliphatic heterocycles. The molecular weight excluding hydrogens is 648 g/mol. The fraction of sp³-hybridized carbons (Fsp3) is 0.235. The number of methoxy groups -OCH3 is 3. The molecule has 0 radical (unpaired) electrons. The molecular formula is C34H31ClN2O9S. The van der Waals surface area contributed by atoms with Crippen LogP contribution in [0.25, 0.3) is 6.08 Å². The van der Waals surface area contributed by atoms with E-state index >= 15 is 0 Å². The van der Waals surface area contributed by atoms with E-state index in [0.29, 0.717) is 49.0 Å². The summed E-state index contributed by atoms with van der Waals surface area (Å²) in [5.41, 5.74) is 2.22. The van der Waals surface area contributed by atoms with Crippen LogP contribution in [0.3, 0.4) is 0 Å². The number of carboxylic acid groups (broad SMARTS) is 1. The van der Waals surface area contributed by atoms with Crippen molar-refractivity contribution in [2.24, 2.45) is 4.99 Å². The SMILES string of the molecule is CCOC(=O)C1=C(C)N=c2s/c(=C/c3cc(Cl)c(OCc4cccc(C(=O)O)c4)c(OC)c3)c(=O)n2[C@@H]1c1ccc(OC)c(OC)c1. The minimum Gasteiger partial charge on any atom is -0.493 e. The Labute approximate surface area is 278 Å². The van der Waals surface area contributed by atoms with Gasteiger partial charge in [0.15, 0.2) is 27.8 Å². The average molecular weight is 679 g/mol. The van der Waals surface area contributed by atoms with E-state index in [1.54, 1.807) is 62.4 Å².